The molecule has 2 heterocycles. The Hall–Kier alpha value is -2.47. The Morgan fingerprint density at radius 1 is 1.33 bits per heavy atom. The molecule has 0 aliphatic carbocycles. The molecule has 2 aromatic rings. The van der Waals surface area contributed by atoms with Gasteiger partial charge in [-0.3, -0.25) is 4.98 Å². The number of benzene rings is 1. The number of nitrogens with zero attached hydrogens (tertiary/aromatic N) is 1. The van der Waals surface area contributed by atoms with Gasteiger partial charge in [-0.15, -0.1) is 0 Å². The predicted molar refractivity (Wildman–Crippen MR) is 87.7 cm³/mol. The number of halogens is 1. The van der Waals surface area contributed by atoms with Gasteiger partial charge in [-0.2, -0.15) is 0 Å². The Morgan fingerprint density at radius 3 is 2.83 bits per heavy atom. The number of pyridine rings is 1. The molecule has 0 radical (unpaired) electrons. The highest BCUT2D eigenvalue weighted by molar-refractivity contribution is 5.74. The highest BCUT2D eigenvalue weighted by Gasteiger charge is 2.28. The van der Waals surface area contributed by atoms with Gasteiger partial charge in [0.05, 0.1) is 12.1 Å². The molecule has 3 rings (SSSR count). The van der Waals surface area contributed by atoms with Gasteiger partial charge in [-0.1, -0.05) is 18.2 Å². The van der Waals surface area contributed by atoms with Crippen LogP contribution in [0.1, 0.15) is 30.0 Å². The summed E-state index contributed by atoms with van der Waals surface area (Å²) >= 11 is 0. The largest absolute Gasteiger partial charge is 0.376 e. The summed E-state index contributed by atoms with van der Waals surface area (Å²) < 4.78 is 18.9. The molecule has 0 saturated carbocycles. The van der Waals surface area contributed by atoms with E-state index in [1.807, 2.05) is 12.1 Å². The topological polar surface area (TPSA) is 63.2 Å². The van der Waals surface area contributed by atoms with Crippen LogP contribution in [-0.2, 0) is 11.3 Å². The van der Waals surface area contributed by atoms with Gasteiger partial charge in [-0.05, 0) is 42.2 Å². The number of amides is 2. The average Bonchev–Trinajstić information content (AvgIpc) is 3.14. The second-order valence-electron chi connectivity index (χ2n) is 5.77. The third-order valence-electron chi connectivity index (χ3n) is 4.03. The van der Waals surface area contributed by atoms with Crippen LogP contribution in [0.2, 0.25) is 0 Å². The molecule has 24 heavy (non-hydrogen) atoms. The quantitative estimate of drug-likeness (QED) is 0.886. The van der Waals surface area contributed by atoms with Gasteiger partial charge in [0.15, 0.2) is 0 Å². The summed E-state index contributed by atoms with van der Waals surface area (Å²) in [5.41, 5.74) is 1.75. The van der Waals surface area contributed by atoms with Crippen LogP contribution in [0.4, 0.5) is 9.18 Å². The van der Waals surface area contributed by atoms with Crippen molar-refractivity contribution in [1.29, 1.82) is 0 Å². The van der Waals surface area contributed by atoms with Crippen molar-refractivity contribution < 1.29 is 13.9 Å². The van der Waals surface area contributed by atoms with Crippen LogP contribution in [0, 0.1) is 5.82 Å². The van der Waals surface area contributed by atoms with Gasteiger partial charge >= 0.3 is 6.03 Å². The van der Waals surface area contributed by atoms with Gasteiger partial charge in [0.1, 0.15) is 5.82 Å². The maximum Gasteiger partial charge on any atom is 0.315 e. The van der Waals surface area contributed by atoms with Crippen LogP contribution in [0.25, 0.3) is 0 Å². The van der Waals surface area contributed by atoms with Crippen molar-refractivity contribution in [3.63, 3.8) is 0 Å². The standard InChI is InChI=1S/C18H20FN3O2/c19-15-7-5-14(6-8-15)17(16-4-2-10-24-16)22-18(23)21-12-13-3-1-9-20-11-13/h1,3,5-9,11,16-17H,2,4,10,12H2,(H2,21,22,23)/t16-,17+/m0/s1. The molecule has 1 aromatic heterocycles. The van der Waals surface area contributed by atoms with Gasteiger partial charge in [0.2, 0.25) is 0 Å². The Morgan fingerprint density at radius 2 is 2.17 bits per heavy atom. The molecule has 1 aliphatic heterocycles. The maximum absolute atomic E-state index is 13.2. The number of hydrogen-bond donors (Lipinski definition) is 2. The second-order valence-corrected chi connectivity index (χ2v) is 5.77. The summed E-state index contributed by atoms with van der Waals surface area (Å²) in [7, 11) is 0. The maximum atomic E-state index is 13.2. The summed E-state index contributed by atoms with van der Waals surface area (Å²) in [5.74, 6) is -0.300. The molecule has 0 spiro atoms. The zero-order valence-corrected chi connectivity index (χ0v) is 13.2. The van der Waals surface area contributed by atoms with Crippen molar-refractivity contribution in [2.45, 2.75) is 31.5 Å². The summed E-state index contributed by atoms with van der Waals surface area (Å²) in [4.78, 5) is 16.3. The van der Waals surface area contributed by atoms with E-state index in [1.165, 1.54) is 12.1 Å². The fourth-order valence-corrected chi connectivity index (χ4v) is 2.80. The van der Waals surface area contributed by atoms with Gasteiger partial charge in [-0.25, -0.2) is 9.18 Å². The van der Waals surface area contributed by atoms with E-state index in [4.69, 9.17) is 4.74 Å². The van der Waals surface area contributed by atoms with Gasteiger partial charge in [0, 0.05) is 25.5 Å². The van der Waals surface area contributed by atoms with Crippen LogP contribution < -0.4 is 10.6 Å². The monoisotopic (exact) mass is 329 g/mol. The number of rotatable bonds is 5. The Balaban J connectivity index is 1.64. The molecule has 0 unspecified atom stereocenters. The van der Waals surface area contributed by atoms with Crippen LogP contribution in [0.3, 0.4) is 0 Å². The molecule has 126 valence electrons. The van der Waals surface area contributed by atoms with Crippen molar-refractivity contribution in [1.82, 2.24) is 15.6 Å². The molecule has 1 saturated heterocycles. The number of hydrogen-bond acceptors (Lipinski definition) is 3. The summed E-state index contributed by atoms with van der Waals surface area (Å²) in [6.07, 6.45) is 5.12. The number of carbonyl (C=O) groups is 1. The molecule has 1 aromatic carbocycles. The fraction of sp³-hybridized carbons (Fsp3) is 0.333. The zero-order chi connectivity index (χ0) is 16.8. The van der Waals surface area contributed by atoms with E-state index in [9.17, 15) is 9.18 Å². The molecule has 1 fully saturated rings. The lowest BCUT2D eigenvalue weighted by molar-refractivity contribution is 0.0807. The fourth-order valence-electron chi connectivity index (χ4n) is 2.80. The lowest BCUT2D eigenvalue weighted by Crippen LogP contribution is -2.42. The Labute approximate surface area is 140 Å². The lowest BCUT2D eigenvalue weighted by Gasteiger charge is -2.25. The zero-order valence-electron chi connectivity index (χ0n) is 13.2. The van der Waals surface area contributed by atoms with Crippen LogP contribution in [0.5, 0.6) is 0 Å². The Bertz CT molecular complexity index is 658. The molecule has 6 heteroatoms. The minimum atomic E-state index is -0.304. The molecule has 5 nitrogen and oxygen atoms in total. The minimum Gasteiger partial charge on any atom is -0.376 e. The first-order valence-corrected chi connectivity index (χ1v) is 8.03. The molecular weight excluding hydrogens is 309 g/mol. The minimum absolute atomic E-state index is 0.0976. The summed E-state index contributed by atoms with van der Waals surface area (Å²) in [6.45, 7) is 1.07. The van der Waals surface area contributed by atoms with E-state index in [0.29, 0.717) is 13.2 Å². The van der Waals surface area contributed by atoms with Crippen molar-refractivity contribution >= 4 is 6.03 Å². The predicted octanol–water partition coefficient (Wildman–Crippen LogP) is 2.94. The third kappa shape index (κ3) is 4.29. The van der Waals surface area contributed by atoms with E-state index >= 15 is 0 Å². The molecular formula is C18H20FN3O2. The van der Waals surface area contributed by atoms with Crippen molar-refractivity contribution in [2.75, 3.05) is 6.61 Å². The lowest BCUT2D eigenvalue weighted by atomic mass is 9.99. The van der Waals surface area contributed by atoms with Crippen LogP contribution >= 0.6 is 0 Å². The van der Waals surface area contributed by atoms with E-state index in [2.05, 4.69) is 15.6 Å². The first-order chi connectivity index (χ1) is 11.7. The van der Waals surface area contributed by atoms with Crippen molar-refractivity contribution in [3.05, 3.63) is 65.7 Å². The second kappa shape index (κ2) is 7.88. The van der Waals surface area contributed by atoms with Crippen molar-refractivity contribution in [3.8, 4) is 0 Å². The number of urea groups is 1. The number of nitrogens with one attached hydrogen (secondary N) is 2. The third-order valence-corrected chi connectivity index (χ3v) is 4.03. The van der Waals surface area contributed by atoms with E-state index < -0.39 is 0 Å². The average molecular weight is 329 g/mol. The number of ether oxygens (including phenoxy) is 1. The van der Waals surface area contributed by atoms with Gasteiger partial charge in [0.25, 0.3) is 0 Å². The molecule has 2 N–H and O–H groups in total. The molecule has 2 amide bonds. The number of aromatic nitrogens is 1. The summed E-state index contributed by atoms with van der Waals surface area (Å²) in [5, 5.41) is 5.76. The van der Waals surface area contributed by atoms with E-state index in [-0.39, 0.29) is 24.0 Å². The van der Waals surface area contributed by atoms with E-state index in [1.54, 1.807) is 24.5 Å². The van der Waals surface area contributed by atoms with Crippen LogP contribution in [0.15, 0.2) is 48.8 Å². The van der Waals surface area contributed by atoms with E-state index in [0.717, 1.165) is 24.0 Å². The molecule has 2 atom stereocenters. The Kier molecular flexibility index (Phi) is 5.38. The highest BCUT2D eigenvalue weighted by Crippen LogP contribution is 2.27. The van der Waals surface area contributed by atoms with Crippen molar-refractivity contribution in [2.24, 2.45) is 0 Å². The van der Waals surface area contributed by atoms with Crippen LogP contribution in [-0.4, -0.2) is 23.7 Å². The first-order valence-electron chi connectivity index (χ1n) is 8.03. The normalized spacial score (nSPS) is 18.1. The van der Waals surface area contributed by atoms with Gasteiger partial charge < -0.3 is 15.4 Å². The number of carbonyl (C=O) groups excluding carboxylic acids is 1. The highest BCUT2D eigenvalue weighted by atomic mass is 19.1. The summed E-state index contributed by atoms with van der Waals surface area (Å²) in [6, 6.07) is 9.28. The first kappa shape index (κ1) is 16.4. The molecule has 1 aliphatic rings. The molecule has 0 bridgehead atoms. The smallest absolute Gasteiger partial charge is 0.315 e. The SMILES string of the molecule is O=C(NCc1cccnc1)N[C@H](c1ccc(F)cc1)[C@@H]1CCCO1.